The van der Waals surface area contributed by atoms with Crippen molar-refractivity contribution in [2.45, 2.75) is 44.6 Å². The van der Waals surface area contributed by atoms with Crippen LogP contribution in [0.25, 0.3) is 0 Å². The zero-order valence-electron chi connectivity index (χ0n) is 10.9. The van der Waals surface area contributed by atoms with Crippen LogP contribution in [0.5, 0.6) is 5.75 Å². The van der Waals surface area contributed by atoms with Gasteiger partial charge in [0.2, 0.25) is 0 Å². The van der Waals surface area contributed by atoms with Gasteiger partial charge >= 0.3 is 5.97 Å². The number of benzene rings is 1. The first-order valence-electron chi connectivity index (χ1n) is 6.75. The van der Waals surface area contributed by atoms with E-state index in [2.05, 4.69) is 0 Å². The number of hydrogen-bond acceptors (Lipinski definition) is 2. The predicted octanol–water partition coefficient (Wildman–Crippen LogP) is 3.63. The van der Waals surface area contributed by atoms with Crippen molar-refractivity contribution < 1.29 is 14.6 Å². The van der Waals surface area contributed by atoms with Gasteiger partial charge in [0.05, 0.1) is 6.42 Å². The Balaban J connectivity index is 2.01. The number of ether oxygens (including phenoxy) is 1. The smallest absolute Gasteiger partial charge is 0.303 e. The largest absolute Gasteiger partial charge is 0.490 e. The number of aliphatic carboxylic acids is 1. The molecule has 1 aromatic carbocycles. The average Bonchev–Trinajstić information content (AvgIpc) is 3.07. The summed E-state index contributed by atoms with van der Waals surface area (Å²) in [6.45, 7) is 2.03. The number of halogens is 1. The summed E-state index contributed by atoms with van der Waals surface area (Å²) in [7, 11) is 0. The standard InChI is InChI=1S/C15H17ClO3/c1-8-4-10-5-11(16)6-13(15(10)19-8)12(7-14(17)18)9-2-3-9/h5-6,8-9,12H,2-4,7H2,1H3,(H,17,18). The van der Waals surface area contributed by atoms with E-state index < -0.39 is 5.97 Å². The Morgan fingerprint density at radius 2 is 2.26 bits per heavy atom. The minimum Gasteiger partial charge on any atom is -0.490 e. The maximum atomic E-state index is 11.1. The second kappa shape index (κ2) is 4.71. The first-order valence-corrected chi connectivity index (χ1v) is 7.13. The zero-order valence-corrected chi connectivity index (χ0v) is 11.6. The summed E-state index contributed by atoms with van der Waals surface area (Å²) in [6.07, 6.45) is 3.38. The zero-order chi connectivity index (χ0) is 13.6. The lowest BCUT2D eigenvalue weighted by molar-refractivity contribution is -0.137. The van der Waals surface area contributed by atoms with Crippen LogP contribution in [0.2, 0.25) is 5.02 Å². The van der Waals surface area contributed by atoms with Crippen molar-refractivity contribution >= 4 is 17.6 Å². The van der Waals surface area contributed by atoms with Gasteiger partial charge in [0.25, 0.3) is 0 Å². The first-order chi connectivity index (χ1) is 9.04. The van der Waals surface area contributed by atoms with E-state index in [0.29, 0.717) is 10.9 Å². The minimum atomic E-state index is -0.753. The highest BCUT2D eigenvalue weighted by atomic mass is 35.5. The normalized spacial score (nSPS) is 22.7. The topological polar surface area (TPSA) is 46.5 Å². The molecule has 0 amide bonds. The molecule has 0 saturated heterocycles. The maximum Gasteiger partial charge on any atom is 0.303 e. The van der Waals surface area contributed by atoms with E-state index in [0.717, 1.165) is 36.1 Å². The summed E-state index contributed by atoms with van der Waals surface area (Å²) < 4.78 is 5.88. The van der Waals surface area contributed by atoms with Gasteiger partial charge in [0.1, 0.15) is 11.9 Å². The molecule has 2 aliphatic rings. The molecule has 4 heteroatoms. The molecule has 1 aliphatic heterocycles. The summed E-state index contributed by atoms with van der Waals surface area (Å²) >= 11 is 6.18. The molecule has 1 saturated carbocycles. The van der Waals surface area contributed by atoms with Gasteiger partial charge in [0, 0.05) is 17.4 Å². The fourth-order valence-corrected chi connectivity index (χ4v) is 3.26. The molecule has 3 rings (SSSR count). The van der Waals surface area contributed by atoms with Gasteiger partial charge in [-0.3, -0.25) is 4.79 Å². The van der Waals surface area contributed by atoms with Crippen molar-refractivity contribution in [2.24, 2.45) is 5.92 Å². The second-order valence-corrected chi connectivity index (χ2v) is 6.09. The van der Waals surface area contributed by atoms with E-state index in [9.17, 15) is 4.79 Å². The number of fused-ring (bicyclic) bond motifs is 1. The van der Waals surface area contributed by atoms with Crippen LogP contribution in [0.15, 0.2) is 12.1 Å². The lowest BCUT2D eigenvalue weighted by Gasteiger charge is -2.18. The van der Waals surface area contributed by atoms with Gasteiger partial charge < -0.3 is 9.84 Å². The molecule has 1 fully saturated rings. The monoisotopic (exact) mass is 280 g/mol. The summed E-state index contributed by atoms with van der Waals surface area (Å²) in [5.41, 5.74) is 2.11. The van der Waals surface area contributed by atoms with E-state index in [1.54, 1.807) is 0 Å². The van der Waals surface area contributed by atoms with E-state index in [1.807, 2.05) is 19.1 Å². The molecule has 3 nitrogen and oxygen atoms in total. The Kier molecular flexibility index (Phi) is 3.17. The second-order valence-electron chi connectivity index (χ2n) is 5.66. The number of carboxylic acid groups (broad SMARTS) is 1. The third kappa shape index (κ3) is 2.57. The van der Waals surface area contributed by atoms with Gasteiger partial charge in [-0.25, -0.2) is 0 Å². The summed E-state index contributed by atoms with van der Waals surface area (Å²) in [4.78, 5) is 11.1. The summed E-state index contributed by atoms with van der Waals surface area (Å²) in [6, 6.07) is 3.83. The molecule has 2 atom stereocenters. The van der Waals surface area contributed by atoms with Crippen molar-refractivity contribution in [1.82, 2.24) is 0 Å². The van der Waals surface area contributed by atoms with Crippen molar-refractivity contribution in [2.75, 3.05) is 0 Å². The lowest BCUT2D eigenvalue weighted by atomic mass is 9.89. The molecule has 2 unspecified atom stereocenters. The van der Waals surface area contributed by atoms with Gasteiger partial charge in [0.15, 0.2) is 0 Å². The highest BCUT2D eigenvalue weighted by Crippen LogP contribution is 2.49. The summed E-state index contributed by atoms with van der Waals surface area (Å²) in [5, 5.41) is 9.80. The van der Waals surface area contributed by atoms with Crippen molar-refractivity contribution in [1.29, 1.82) is 0 Å². The van der Waals surface area contributed by atoms with Crippen molar-refractivity contribution in [3.05, 3.63) is 28.3 Å². The summed E-state index contributed by atoms with van der Waals surface area (Å²) in [5.74, 6) is 0.639. The van der Waals surface area contributed by atoms with Crippen LogP contribution in [0.4, 0.5) is 0 Å². The van der Waals surface area contributed by atoms with Gasteiger partial charge in [-0.15, -0.1) is 0 Å². The molecule has 1 heterocycles. The van der Waals surface area contributed by atoms with Gasteiger partial charge in [-0.2, -0.15) is 0 Å². The Morgan fingerprint density at radius 1 is 1.53 bits per heavy atom. The van der Waals surface area contributed by atoms with Crippen molar-refractivity contribution in [3.63, 3.8) is 0 Å². The van der Waals surface area contributed by atoms with Gasteiger partial charge in [-0.1, -0.05) is 11.6 Å². The van der Waals surface area contributed by atoms with Crippen LogP contribution < -0.4 is 4.74 Å². The number of carboxylic acids is 1. The van der Waals surface area contributed by atoms with Crippen LogP contribution in [-0.2, 0) is 11.2 Å². The third-order valence-corrected chi connectivity index (χ3v) is 4.19. The molecule has 1 aromatic rings. The number of carbonyl (C=O) groups is 1. The molecular formula is C15H17ClO3. The molecule has 0 bridgehead atoms. The molecule has 1 N–H and O–H groups in total. The van der Waals surface area contributed by atoms with Crippen LogP contribution in [0.1, 0.15) is 43.2 Å². The number of hydrogen-bond donors (Lipinski definition) is 1. The fraction of sp³-hybridized carbons (Fsp3) is 0.533. The first kappa shape index (κ1) is 12.8. The Bertz CT molecular complexity index is 522. The van der Waals surface area contributed by atoms with Gasteiger partial charge in [-0.05, 0) is 48.9 Å². The molecule has 1 aliphatic carbocycles. The predicted molar refractivity (Wildman–Crippen MR) is 73.0 cm³/mol. The lowest BCUT2D eigenvalue weighted by Crippen LogP contribution is -2.11. The highest BCUT2D eigenvalue weighted by molar-refractivity contribution is 6.30. The molecule has 0 aromatic heterocycles. The third-order valence-electron chi connectivity index (χ3n) is 3.97. The van der Waals surface area contributed by atoms with Crippen LogP contribution in [0.3, 0.4) is 0 Å². The van der Waals surface area contributed by atoms with Crippen LogP contribution >= 0.6 is 11.6 Å². The van der Waals surface area contributed by atoms with Crippen LogP contribution in [0, 0.1) is 5.92 Å². The molecule has 0 spiro atoms. The fourth-order valence-electron chi connectivity index (χ4n) is 3.01. The van der Waals surface area contributed by atoms with Crippen molar-refractivity contribution in [3.8, 4) is 5.75 Å². The molecule has 19 heavy (non-hydrogen) atoms. The van der Waals surface area contributed by atoms with E-state index in [1.165, 1.54) is 0 Å². The van der Waals surface area contributed by atoms with Crippen LogP contribution in [-0.4, -0.2) is 17.2 Å². The average molecular weight is 281 g/mol. The molecule has 102 valence electrons. The van der Waals surface area contributed by atoms with E-state index in [-0.39, 0.29) is 18.4 Å². The van der Waals surface area contributed by atoms with E-state index in [4.69, 9.17) is 21.4 Å². The highest BCUT2D eigenvalue weighted by Gasteiger charge is 2.37. The Hall–Kier alpha value is -1.22. The SMILES string of the molecule is CC1Cc2cc(Cl)cc(C(CC(=O)O)C3CC3)c2O1. The molecule has 0 radical (unpaired) electrons. The Labute approximate surface area is 117 Å². The minimum absolute atomic E-state index is 0.0373. The Morgan fingerprint density at radius 3 is 2.89 bits per heavy atom. The maximum absolute atomic E-state index is 11.1. The molecular weight excluding hydrogens is 264 g/mol. The van der Waals surface area contributed by atoms with E-state index >= 15 is 0 Å². The number of rotatable bonds is 4. The quantitative estimate of drug-likeness (QED) is 0.916.